The van der Waals surface area contributed by atoms with Crippen LogP contribution in [0.1, 0.15) is 0 Å². The summed E-state index contributed by atoms with van der Waals surface area (Å²) in [5.41, 5.74) is 17.1. The van der Waals surface area contributed by atoms with E-state index in [0.29, 0.717) is 27.8 Å². The lowest BCUT2D eigenvalue weighted by Crippen LogP contribution is -2.05. The van der Waals surface area contributed by atoms with E-state index in [9.17, 15) is 45.0 Å². The molecular formula is C26H22N6O12S3. The molecular weight excluding hydrogens is 685 g/mol. The number of benzene rings is 5. The number of non-ortho nitro benzene ring substituents is 1. The zero-order valence-electron chi connectivity index (χ0n) is 23.3. The molecule has 0 aliphatic heterocycles. The predicted molar refractivity (Wildman–Crippen MR) is 170 cm³/mol. The van der Waals surface area contributed by atoms with Crippen LogP contribution in [0.5, 0.6) is 5.75 Å². The maximum Gasteiger partial charge on any atom is 0.296 e. The average molecular weight is 707 g/mol. The Bertz CT molecular complexity index is 2450. The first-order valence-corrected chi connectivity index (χ1v) is 16.8. The molecule has 0 fully saturated rings. The molecule has 0 saturated carbocycles. The third-order valence-electron chi connectivity index (χ3n) is 6.42. The zero-order valence-corrected chi connectivity index (χ0v) is 25.7. The van der Waals surface area contributed by atoms with Crippen LogP contribution < -0.4 is 17.2 Å². The zero-order chi connectivity index (χ0) is 35.1. The van der Waals surface area contributed by atoms with Crippen molar-refractivity contribution < 1.29 is 48.9 Å². The molecule has 0 heterocycles. The average Bonchev–Trinajstić information content (AvgIpc) is 2.97. The Morgan fingerprint density at radius 2 is 1.28 bits per heavy atom. The van der Waals surface area contributed by atoms with Gasteiger partial charge in [-0.25, -0.2) is 0 Å². The maximum absolute atomic E-state index is 11.4. The molecule has 47 heavy (non-hydrogen) atoms. The minimum atomic E-state index is -4.75. The van der Waals surface area contributed by atoms with Crippen molar-refractivity contribution in [1.82, 2.24) is 0 Å². The molecule has 0 spiro atoms. The topological polar surface area (TPSA) is 329 Å². The predicted octanol–water partition coefficient (Wildman–Crippen LogP) is 4.20. The van der Waals surface area contributed by atoms with Gasteiger partial charge >= 0.3 is 0 Å². The molecule has 246 valence electrons. The number of fused-ring (bicyclic) bond motifs is 2. The molecule has 0 amide bonds. The van der Waals surface area contributed by atoms with Gasteiger partial charge in [0.1, 0.15) is 10.6 Å². The van der Waals surface area contributed by atoms with E-state index < -0.39 is 56.5 Å². The smallest absolute Gasteiger partial charge is 0.296 e. The third-order valence-corrected chi connectivity index (χ3v) is 9.00. The van der Waals surface area contributed by atoms with Crippen molar-refractivity contribution in [3.63, 3.8) is 0 Å². The molecule has 0 aliphatic rings. The van der Waals surface area contributed by atoms with Gasteiger partial charge in [-0.2, -0.15) is 30.4 Å². The van der Waals surface area contributed by atoms with E-state index in [0.717, 1.165) is 18.2 Å². The number of nitrogen functional groups attached to an aromatic ring is 3. The van der Waals surface area contributed by atoms with E-state index in [1.807, 2.05) is 0 Å². The van der Waals surface area contributed by atoms with Crippen LogP contribution in [0.25, 0.3) is 21.5 Å². The van der Waals surface area contributed by atoms with Crippen molar-refractivity contribution in [2.75, 3.05) is 17.2 Å². The molecule has 10 N–H and O–H groups in total. The largest absolute Gasteiger partial charge is 0.505 e. The quantitative estimate of drug-likeness (QED) is 0.0325. The van der Waals surface area contributed by atoms with Crippen LogP contribution >= 0.6 is 0 Å². The lowest BCUT2D eigenvalue weighted by atomic mass is 10.1. The third kappa shape index (κ3) is 7.51. The second-order valence-electron chi connectivity index (χ2n) is 9.53. The second-order valence-corrected chi connectivity index (χ2v) is 13.8. The highest BCUT2D eigenvalue weighted by atomic mass is 32.2. The summed E-state index contributed by atoms with van der Waals surface area (Å²) in [5.74, 6) is -0.723. The highest BCUT2D eigenvalue weighted by molar-refractivity contribution is 7.86. The summed E-state index contributed by atoms with van der Waals surface area (Å²) in [6, 6.07) is 15.2. The van der Waals surface area contributed by atoms with Crippen molar-refractivity contribution in [1.29, 1.82) is 0 Å². The summed E-state index contributed by atoms with van der Waals surface area (Å²) in [6.45, 7) is 0. The number of anilines is 3. The number of aromatic hydroxyl groups is 1. The Morgan fingerprint density at radius 1 is 0.660 bits per heavy atom. The van der Waals surface area contributed by atoms with Gasteiger partial charge in [0, 0.05) is 39.7 Å². The number of azo groups is 1. The molecule has 18 nitrogen and oxygen atoms in total. The molecule has 5 aromatic carbocycles. The number of rotatable bonds is 6. The Morgan fingerprint density at radius 3 is 1.83 bits per heavy atom. The normalized spacial score (nSPS) is 12.2. The van der Waals surface area contributed by atoms with E-state index >= 15 is 0 Å². The summed E-state index contributed by atoms with van der Waals surface area (Å²) in [5, 5.41) is 29.3. The van der Waals surface area contributed by atoms with Crippen LogP contribution in [0.15, 0.2) is 97.7 Å². The summed E-state index contributed by atoms with van der Waals surface area (Å²) >= 11 is 0. The molecule has 0 unspecified atom stereocenters. The number of hydrogen-bond acceptors (Lipinski definition) is 14. The van der Waals surface area contributed by atoms with Gasteiger partial charge < -0.3 is 22.3 Å². The number of nitro groups is 1. The number of phenols is 1. The number of nitrogens with two attached hydrogens (primary N) is 3. The Balaban J connectivity index is 0.000000218. The van der Waals surface area contributed by atoms with Crippen LogP contribution in [0.2, 0.25) is 0 Å². The number of nitrogens with zero attached hydrogens (tertiary/aromatic N) is 3. The number of hydrogen-bond donors (Lipinski definition) is 7. The Hall–Kier alpha value is -5.45. The summed E-state index contributed by atoms with van der Waals surface area (Å²) in [4.78, 5) is 8.44. The van der Waals surface area contributed by atoms with Crippen molar-refractivity contribution in [3.05, 3.63) is 82.9 Å². The van der Waals surface area contributed by atoms with E-state index in [1.54, 1.807) is 12.1 Å². The first kappa shape index (κ1) is 34.4. The van der Waals surface area contributed by atoms with Gasteiger partial charge in [0.15, 0.2) is 0 Å². The molecule has 0 atom stereocenters. The van der Waals surface area contributed by atoms with Crippen LogP contribution in [0, 0.1) is 10.1 Å². The Labute approximate surface area is 265 Å². The summed E-state index contributed by atoms with van der Waals surface area (Å²) < 4.78 is 94.5. The van der Waals surface area contributed by atoms with Gasteiger partial charge in [0.25, 0.3) is 36.0 Å². The van der Waals surface area contributed by atoms with Gasteiger partial charge in [-0.05, 0) is 60.0 Å². The van der Waals surface area contributed by atoms with E-state index in [2.05, 4.69) is 10.2 Å². The summed E-state index contributed by atoms with van der Waals surface area (Å²) in [7, 11) is -13.7. The molecule has 0 aromatic heterocycles. The molecule has 0 bridgehead atoms. The van der Waals surface area contributed by atoms with Gasteiger partial charge in [0.05, 0.1) is 31.8 Å². The van der Waals surface area contributed by atoms with Crippen LogP contribution in [0.4, 0.5) is 34.1 Å². The van der Waals surface area contributed by atoms with Crippen molar-refractivity contribution in [3.8, 4) is 5.75 Å². The van der Waals surface area contributed by atoms with E-state index in [-0.39, 0.29) is 27.0 Å². The van der Waals surface area contributed by atoms with Crippen molar-refractivity contribution in [2.24, 2.45) is 10.2 Å². The molecule has 0 aliphatic carbocycles. The molecule has 21 heteroatoms. The van der Waals surface area contributed by atoms with Crippen molar-refractivity contribution >= 4 is 86.0 Å². The van der Waals surface area contributed by atoms with Crippen LogP contribution in [-0.2, 0) is 30.4 Å². The Kier molecular flexibility index (Phi) is 9.07. The second kappa shape index (κ2) is 12.4. The first-order chi connectivity index (χ1) is 21.7. The standard InChI is InChI=1S/C16H12N4O5S.C10H10N2O7S2/c17-15-7-8-16(14-9-12(26(23,24)25)5-6-13(14)15)19-18-10-1-3-11(4-2-10)20(21)22;11-6-3-5(20(14,15)16)1-4-2-7(21(17,18)19)9(12)10(13)8(4)6/h1-9H,17H2,(H,23,24,25);1-3,13H,11-12H2,(H,14,15,16)(H,17,18,19). The molecule has 5 rings (SSSR count). The number of nitro benzene ring substituents is 1. The van der Waals surface area contributed by atoms with Gasteiger partial charge in [-0.15, -0.1) is 5.11 Å². The molecule has 0 radical (unpaired) electrons. The summed E-state index contributed by atoms with van der Waals surface area (Å²) in [6.07, 6.45) is 0. The fourth-order valence-corrected chi connectivity index (χ4v) is 5.92. The fourth-order valence-electron chi connectivity index (χ4n) is 4.21. The van der Waals surface area contributed by atoms with Gasteiger partial charge in [-0.3, -0.25) is 23.8 Å². The van der Waals surface area contributed by atoms with Crippen LogP contribution in [0.3, 0.4) is 0 Å². The fraction of sp³-hybridized carbons (Fsp3) is 0. The lowest BCUT2D eigenvalue weighted by molar-refractivity contribution is -0.384. The van der Waals surface area contributed by atoms with Gasteiger partial charge in [0.2, 0.25) is 0 Å². The lowest BCUT2D eigenvalue weighted by Gasteiger charge is -2.11. The minimum absolute atomic E-state index is 0.0697. The monoisotopic (exact) mass is 706 g/mol. The van der Waals surface area contributed by atoms with Crippen molar-refractivity contribution in [2.45, 2.75) is 14.7 Å². The van der Waals surface area contributed by atoms with Crippen LogP contribution in [-0.4, -0.2) is 48.9 Å². The molecule has 0 saturated heterocycles. The maximum atomic E-state index is 11.4. The van der Waals surface area contributed by atoms with E-state index in [1.165, 1.54) is 42.5 Å². The van der Waals surface area contributed by atoms with E-state index in [4.69, 9.17) is 26.3 Å². The SMILES string of the molecule is Nc1c(S(=O)(=O)O)cc2cc(S(=O)(=O)O)cc(N)c2c1O.Nc1ccc(N=Nc2ccc([N+](=O)[O-])cc2)c2cc(S(=O)(=O)O)ccc12. The first-order valence-electron chi connectivity index (χ1n) is 12.4. The minimum Gasteiger partial charge on any atom is -0.505 e. The van der Waals surface area contributed by atoms with Gasteiger partial charge in [-0.1, -0.05) is 6.07 Å². The molecule has 5 aromatic rings. The highest BCUT2D eigenvalue weighted by Crippen LogP contribution is 2.40. The number of phenolic OH excluding ortho intramolecular Hbond substituents is 1. The highest BCUT2D eigenvalue weighted by Gasteiger charge is 2.22.